The fourth-order valence-electron chi connectivity index (χ4n) is 3.18. The number of carbonyl (C=O) groups is 2. The molecule has 0 aliphatic rings. The zero-order valence-electron chi connectivity index (χ0n) is 17.3. The molecule has 0 spiro atoms. The highest BCUT2D eigenvalue weighted by atomic mass is 32.1. The number of benzene rings is 2. The monoisotopic (exact) mass is 421 g/mol. The molecule has 3 N–H and O–H groups in total. The minimum Gasteiger partial charge on any atom is -0.346 e. The van der Waals surface area contributed by atoms with Gasteiger partial charge in [0, 0.05) is 10.6 Å². The van der Waals surface area contributed by atoms with Gasteiger partial charge in [-0.25, -0.2) is 0 Å². The summed E-state index contributed by atoms with van der Waals surface area (Å²) in [5.41, 5.74) is 4.15. The van der Waals surface area contributed by atoms with Crippen LogP contribution in [-0.2, 0) is 16.0 Å². The molecule has 0 radical (unpaired) electrons. The van der Waals surface area contributed by atoms with E-state index < -0.39 is 0 Å². The van der Waals surface area contributed by atoms with Crippen molar-refractivity contribution in [2.75, 3.05) is 18.4 Å². The van der Waals surface area contributed by atoms with Gasteiger partial charge in [0.2, 0.25) is 11.8 Å². The molecule has 1 aromatic heterocycles. The van der Waals surface area contributed by atoms with Gasteiger partial charge in [0.1, 0.15) is 0 Å². The molecule has 1 atom stereocenters. The number of para-hydroxylation sites is 1. The summed E-state index contributed by atoms with van der Waals surface area (Å²) in [4.78, 5) is 25.7. The minimum absolute atomic E-state index is 0.0627. The third-order valence-electron chi connectivity index (χ3n) is 4.82. The molecule has 6 heteroatoms. The molecule has 5 nitrogen and oxygen atoms in total. The van der Waals surface area contributed by atoms with Crippen LogP contribution in [0.4, 0.5) is 5.69 Å². The first-order chi connectivity index (χ1) is 14.6. The second kappa shape index (κ2) is 10.7. The lowest BCUT2D eigenvalue weighted by atomic mass is 10.0. The van der Waals surface area contributed by atoms with E-state index in [1.54, 1.807) is 11.3 Å². The van der Waals surface area contributed by atoms with Gasteiger partial charge in [-0.3, -0.25) is 14.9 Å². The number of rotatable bonds is 9. The number of hydrogen-bond donors (Lipinski definition) is 3. The van der Waals surface area contributed by atoms with E-state index in [1.807, 2.05) is 42.6 Å². The Morgan fingerprint density at radius 3 is 2.40 bits per heavy atom. The summed E-state index contributed by atoms with van der Waals surface area (Å²) in [5, 5.41) is 10.9. The standard InChI is InChI=1S/C24H27N3O2S/c1-3-18-7-4-5-8-20(18)27-23(29)16-25-22(28)15-26-24(21-9-6-14-30-21)19-12-10-17(2)11-13-19/h4-14,24,26H,3,15-16H2,1-2H3,(H,25,28)(H,27,29)/t24-/m0/s1. The fraction of sp³-hybridized carbons (Fsp3) is 0.250. The average molecular weight is 422 g/mol. The van der Waals surface area contributed by atoms with Gasteiger partial charge in [0.05, 0.1) is 19.1 Å². The first-order valence-corrected chi connectivity index (χ1v) is 10.9. The summed E-state index contributed by atoms with van der Waals surface area (Å²) in [6.07, 6.45) is 0.829. The fourth-order valence-corrected chi connectivity index (χ4v) is 4.01. The molecule has 3 aromatic rings. The quantitative estimate of drug-likeness (QED) is 0.488. The lowest BCUT2D eigenvalue weighted by Gasteiger charge is -2.18. The average Bonchev–Trinajstić information content (AvgIpc) is 3.28. The first-order valence-electron chi connectivity index (χ1n) is 10.0. The molecule has 0 fully saturated rings. The highest BCUT2D eigenvalue weighted by molar-refractivity contribution is 7.10. The predicted octanol–water partition coefficient (Wildman–Crippen LogP) is 4.05. The lowest BCUT2D eigenvalue weighted by molar-refractivity contribution is -0.123. The Labute approximate surface area is 181 Å². The Morgan fingerprint density at radius 1 is 0.933 bits per heavy atom. The van der Waals surface area contributed by atoms with Gasteiger partial charge in [-0.05, 0) is 42.0 Å². The predicted molar refractivity (Wildman–Crippen MR) is 123 cm³/mol. The maximum Gasteiger partial charge on any atom is 0.243 e. The van der Waals surface area contributed by atoms with Crippen LogP contribution in [0.15, 0.2) is 66.0 Å². The van der Waals surface area contributed by atoms with Gasteiger partial charge < -0.3 is 10.6 Å². The van der Waals surface area contributed by atoms with Crippen LogP contribution in [-0.4, -0.2) is 24.9 Å². The summed E-state index contributed by atoms with van der Waals surface area (Å²) in [6, 6.07) is 19.9. The van der Waals surface area contributed by atoms with Crippen LogP contribution in [0.25, 0.3) is 0 Å². The van der Waals surface area contributed by atoms with Gasteiger partial charge >= 0.3 is 0 Å². The summed E-state index contributed by atoms with van der Waals surface area (Å²) in [6.45, 7) is 4.15. The van der Waals surface area contributed by atoms with Crippen molar-refractivity contribution in [3.8, 4) is 0 Å². The molecule has 0 aliphatic heterocycles. The van der Waals surface area contributed by atoms with E-state index >= 15 is 0 Å². The van der Waals surface area contributed by atoms with E-state index in [4.69, 9.17) is 0 Å². The van der Waals surface area contributed by atoms with Crippen LogP contribution in [0, 0.1) is 6.92 Å². The van der Waals surface area contributed by atoms with Crippen LogP contribution in [0.2, 0.25) is 0 Å². The molecule has 0 aliphatic carbocycles. The number of hydrogen-bond acceptors (Lipinski definition) is 4. The van der Waals surface area contributed by atoms with Crippen molar-refractivity contribution in [3.63, 3.8) is 0 Å². The highest BCUT2D eigenvalue weighted by Gasteiger charge is 2.16. The molecule has 0 saturated heterocycles. The van der Waals surface area contributed by atoms with Crippen LogP contribution >= 0.6 is 11.3 Å². The molecule has 0 bridgehead atoms. The molecular weight excluding hydrogens is 394 g/mol. The molecule has 0 unspecified atom stereocenters. The maximum atomic E-state index is 12.3. The van der Waals surface area contributed by atoms with Crippen LogP contribution in [0.1, 0.15) is 34.5 Å². The lowest BCUT2D eigenvalue weighted by Crippen LogP contribution is -2.39. The summed E-state index contributed by atoms with van der Waals surface area (Å²) in [7, 11) is 0. The Balaban J connectivity index is 1.53. The van der Waals surface area contributed by atoms with E-state index in [0.29, 0.717) is 0 Å². The van der Waals surface area contributed by atoms with E-state index in [2.05, 4.69) is 53.2 Å². The van der Waals surface area contributed by atoms with Gasteiger partial charge in [-0.1, -0.05) is 61.0 Å². The van der Waals surface area contributed by atoms with E-state index in [-0.39, 0.29) is 30.9 Å². The Kier molecular flexibility index (Phi) is 7.76. The summed E-state index contributed by atoms with van der Waals surface area (Å²) < 4.78 is 0. The van der Waals surface area contributed by atoms with E-state index in [1.165, 1.54) is 5.56 Å². The number of anilines is 1. The van der Waals surface area contributed by atoms with Crippen LogP contribution in [0.5, 0.6) is 0 Å². The van der Waals surface area contributed by atoms with Crippen LogP contribution in [0.3, 0.4) is 0 Å². The number of carbonyl (C=O) groups excluding carboxylic acids is 2. The molecule has 2 aromatic carbocycles. The number of nitrogens with one attached hydrogen (secondary N) is 3. The van der Waals surface area contributed by atoms with Crippen molar-refractivity contribution in [3.05, 3.63) is 87.6 Å². The van der Waals surface area contributed by atoms with Crippen molar-refractivity contribution in [2.45, 2.75) is 26.3 Å². The molecule has 30 heavy (non-hydrogen) atoms. The molecule has 1 heterocycles. The maximum absolute atomic E-state index is 12.3. The number of thiophene rings is 1. The molecular formula is C24H27N3O2S. The Hall–Kier alpha value is -2.96. The van der Waals surface area contributed by atoms with Crippen molar-refractivity contribution < 1.29 is 9.59 Å². The molecule has 156 valence electrons. The van der Waals surface area contributed by atoms with Gasteiger partial charge in [0.25, 0.3) is 0 Å². The normalized spacial score (nSPS) is 11.7. The van der Waals surface area contributed by atoms with Gasteiger partial charge in [-0.2, -0.15) is 0 Å². The SMILES string of the molecule is CCc1ccccc1NC(=O)CNC(=O)CN[C@@H](c1ccc(C)cc1)c1cccs1. The Morgan fingerprint density at radius 2 is 1.70 bits per heavy atom. The zero-order chi connectivity index (χ0) is 21.3. The molecule has 2 amide bonds. The summed E-state index contributed by atoms with van der Waals surface area (Å²) in [5.74, 6) is -0.458. The van der Waals surface area contributed by atoms with Crippen molar-refractivity contribution in [1.29, 1.82) is 0 Å². The zero-order valence-corrected chi connectivity index (χ0v) is 18.1. The van der Waals surface area contributed by atoms with Crippen molar-refractivity contribution in [1.82, 2.24) is 10.6 Å². The minimum atomic E-state index is -0.238. The number of amides is 2. The molecule has 0 saturated carbocycles. The van der Waals surface area contributed by atoms with Gasteiger partial charge in [0.15, 0.2) is 0 Å². The topological polar surface area (TPSA) is 70.2 Å². The largest absolute Gasteiger partial charge is 0.346 e. The molecule has 3 rings (SSSR count). The highest BCUT2D eigenvalue weighted by Crippen LogP contribution is 2.26. The van der Waals surface area contributed by atoms with Crippen molar-refractivity contribution >= 4 is 28.8 Å². The second-order valence-corrected chi connectivity index (χ2v) is 8.05. The third kappa shape index (κ3) is 6.02. The first kappa shape index (κ1) is 21.7. The van der Waals surface area contributed by atoms with Crippen molar-refractivity contribution in [2.24, 2.45) is 0 Å². The second-order valence-electron chi connectivity index (χ2n) is 7.08. The van der Waals surface area contributed by atoms with Crippen LogP contribution < -0.4 is 16.0 Å². The Bertz CT molecular complexity index is 968. The van der Waals surface area contributed by atoms with Gasteiger partial charge in [-0.15, -0.1) is 11.3 Å². The third-order valence-corrected chi connectivity index (χ3v) is 5.76. The van der Waals surface area contributed by atoms with E-state index in [0.717, 1.165) is 28.1 Å². The van der Waals surface area contributed by atoms with E-state index in [9.17, 15) is 9.59 Å². The number of aryl methyl sites for hydroxylation is 2. The summed E-state index contributed by atoms with van der Waals surface area (Å²) >= 11 is 1.65. The smallest absolute Gasteiger partial charge is 0.243 e.